The molecule has 6 heteroatoms. The normalized spacial score (nSPS) is 11.1. The van der Waals surface area contributed by atoms with Crippen LogP contribution in [0.15, 0.2) is 53.6 Å². The first-order chi connectivity index (χ1) is 12.6. The van der Waals surface area contributed by atoms with Crippen LogP contribution in [0.1, 0.15) is 26.8 Å². The Kier molecular flexibility index (Phi) is 5.51. The van der Waals surface area contributed by atoms with Gasteiger partial charge < -0.3 is 10.2 Å². The third-order valence-electron chi connectivity index (χ3n) is 4.38. The van der Waals surface area contributed by atoms with E-state index in [2.05, 4.69) is 39.2 Å². The summed E-state index contributed by atoms with van der Waals surface area (Å²) < 4.78 is 1.74. The average Bonchev–Trinajstić information content (AvgIpc) is 2.66. The fourth-order valence-electron chi connectivity index (χ4n) is 3.10. The first-order valence-electron chi connectivity index (χ1n) is 9.02. The molecule has 2 heterocycles. The summed E-state index contributed by atoms with van der Waals surface area (Å²) >= 11 is 0. The third kappa shape index (κ3) is 3.69. The van der Waals surface area contributed by atoms with E-state index in [1.165, 1.54) is 5.69 Å². The van der Waals surface area contributed by atoms with Gasteiger partial charge in [0, 0.05) is 37.6 Å². The lowest BCUT2D eigenvalue weighted by Gasteiger charge is -2.23. The number of para-hydroxylation sites is 1. The topological polar surface area (TPSA) is 63.0 Å². The molecular weight excluding hydrogens is 326 g/mol. The Labute approximate surface area is 153 Å². The molecule has 0 saturated carbocycles. The maximum absolute atomic E-state index is 12.8. The molecule has 6 nitrogen and oxygen atoms in total. The minimum absolute atomic E-state index is 0.0363. The van der Waals surface area contributed by atoms with Gasteiger partial charge in [0.05, 0.1) is 17.2 Å². The zero-order valence-corrected chi connectivity index (χ0v) is 15.5. The van der Waals surface area contributed by atoms with Gasteiger partial charge in [-0.3, -0.25) is 14.3 Å². The van der Waals surface area contributed by atoms with E-state index < -0.39 is 0 Å². The molecule has 1 N–H and O–H groups in total. The summed E-state index contributed by atoms with van der Waals surface area (Å²) in [5.74, 6) is 0.390. The molecule has 0 aliphatic rings. The van der Waals surface area contributed by atoms with Crippen molar-refractivity contribution in [3.8, 4) is 0 Å². The summed E-state index contributed by atoms with van der Waals surface area (Å²) in [4.78, 5) is 23.7. The van der Waals surface area contributed by atoms with Crippen LogP contribution in [0.25, 0.3) is 11.0 Å². The fourth-order valence-corrected chi connectivity index (χ4v) is 3.10. The lowest BCUT2D eigenvalue weighted by atomic mass is 10.3. The number of hydrogen-bond acceptors (Lipinski definition) is 5. The average molecular weight is 351 g/mol. The highest BCUT2D eigenvalue weighted by Gasteiger charge is 2.13. The monoisotopic (exact) mass is 351 g/mol. The van der Waals surface area contributed by atoms with Crippen LogP contribution < -0.4 is 15.8 Å². The number of pyridine rings is 1. The van der Waals surface area contributed by atoms with Crippen molar-refractivity contribution in [3.05, 3.63) is 59.1 Å². The highest BCUT2D eigenvalue weighted by Crippen LogP contribution is 2.15. The van der Waals surface area contributed by atoms with Gasteiger partial charge in [-0.15, -0.1) is 0 Å². The van der Waals surface area contributed by atoms with E-state index in [-0.39, 0.29) is 11.6 Å². The molecule has 26 heavy (non-hydrogen) atoms. The van der Waals surface area contributed by atoms with Crippen LogP contribution in [0, 0.1) is 0 Å². The van der Waals surface area contributed by atoms with Crippen molar-refractivity contribution >= 4 is 22.5 Å². The van der Waals surface area contributed by atoms with Crippen molar-refractivity contribution in [2.45, 2.75) is 26.8 Å². The molecule has 0 radical (unpaired) electrons. The number of nitrogens with zero attached hydrogens (tertiary/aromatic N) is 4. The van der Waals surface area contributed by atoms with Gasteiger partial charge in [-0.05, 0) is 39.0 Å². The van der Waals surface area contributed by atoms with Crippen molar-refractivity contribution in [1.29, 1.82) is 0 Å². The van der Waals surface area contributed by atoms with Crippen LogP contribution in [0.5, 0.6) is 0 Å². The molecule has 136 valence electrons. The molecular formula is C20H25N5O. The summed E-state index contributed by atoms with van der Waals surface area (Å²) in [7, 11) is 0. The molecule has 0 aliphatic heterocycles. The Balaban J connectivity index is 1.81. The molecule has 0 atom stereocenters. The number of benzene rings is 1. The van der Waals surface area contributed by atoms with Crippen LogP contribution in [-0.2, 0) is 0 Å². The van der Waals surface area contributed by atoms with Crippen LogP contribution in [0.2, 0.25) is 0 Å². The molecule has 0 amide bonds. The quantitative estimate of drug-likeness (QED) is 0.707. The van der Waals surface area contributed by atoms with E-state index >= 15 is 0 Å². The lowest BCUT2D eigenvalue weighted by Crippen LogP contribution is -2.32. The molecule has 0 aliphatic carbocycles. The number of likely N-dealkylation sites (N-methyl/N-ethyl adjacent to an activating group) is 1. The molecule has 0 unspecified atom stereocenters. The van der Waals surface area contributed by atoms with Crippen molar-refractivity contribution < 1.29 is 0 Å². The van der Waals surface area contributed by atoms with Crippen LogP contribution in [0.3, 0.4) is 0 Å². The maximum Gasteiger partial charge on any atom is 0.294 e. The zero-order chi connectivity index (χ0) is 18.5. The van der Waals surface area contributed by atoms with Gasteiger partial charge in [0.25, 0.3) is 5.56 Å². The van der Waals surface area contributed by atoms with E-state index in [1.807, 2.05) is 38.1 Å². The smallest absolute Gasteiger partial charge is 0.294 e. The first-order valence-corrected chi connectivity index (χ1v) is 9.02. The molecule has 0 saturated heterocycles. The fraction of sp³-hybridized carbons (Fsp3) is 0.350. The van der Waals surface area contributed by atoms with Gasteiger partial charge in [-0.2, -0.15) is 0 Å². The van der Waals surface area contributed by atoms with Gasteiger partial charge in [-0.25, -0.2) is 4.98 Å². The van der Waals surface area contributed by atoms with E-state index in [9.17, 15) is 4.79 Å². The second-order valence-corrected chi connectivity index (χ2v) is 6.44. The second kappa shape index (κ2) is 7.99. The molecule has 1 aromatic carbocycles. The predicted octanol–water partition coefficient (Wildman–Crippen LogP) is 3.31. The molecule has 0 fully saturated rings. The Morgan fingerprint density at radius 1 is 1.19 bits per heavy atom. The van der Waals surface area contributed by atoms with Gasteiger partial charge in [-0.1, -0.05) is 18.2 Å². The van der Waals surface area contributed by atoms with Gasteiger partial charge in [0.2, 0.25) is 0 Å². The standard InChI is InChI=1S/C20H25N5O/c1-4-24(16-8-6-5-7-9-16)13-12-22-19-20(26)25(15(2)3)18-14-21-11-10-17(18)23-19/h5-11,14-15H,4,12-13H2,1-3H3,(H,22,23). The Morgan fingerprint density at radius 3 is 2.65 bits per heavy atom. The summed E-state index contributed by atoms with van der Waals surface area (Å²) in [6, 6.07) is 12.1. The predicted molar refractivity (Wildman–Crippen MR) is 107 cm³/mol. The number of anilines is 2. The minimum Gasteiger partial charge on any atom is -0.370 e. The Morgan fingerprint density at radius 2 is 1.96 bits per heavy atom. The lowest BCUT2D eigenvalue weighted by molar-refractivity contribution is 0.598. The van der Waals surface area contributed by atoms with Gasteiger partial charge in [0.15, 0.2) is 5.82 Å². The van der Waals surface area contributed by atoms with Crippen molar-refractivity contribution in [2.75, 3.05) is 29.9 Å². The van der Waals surface area contributed by atoms with Crippen LogP contribution in [-0.4, -0.2) is 34.2 Å². The Bertz CT molecular complexity index is 920. The largest absolute Gasteiger partial charge is 0.370 e. The van der Waals surface area contributed by atoms with Crippen molar-refractivity contribution in [1.82, 2.24) is 14.5 Å². The number of aromatic nitrogens is 3. The van der Waals surface area contributed by atoms with E-state index in [0.29, 0.717) is 12.4 Å². The number of hydrogen-bond donors (Lipinski definition) is 1. The summed E-state index contributed by atoms with van der Waals surface area (Å²) in [6.45, 7) is 8.44. The molecule has 2 aromatic heterocycles. The summed E-state index contributed by atoms with van der Waals surface area (Å²) in [5, 5.41) is 3.23. The maximum atomic E-state index is 12.8. The number of nitrogens with one attached hydrogen (secondary N) is 1. The highest BCUT2D eigenvalue weighted by atomic mass is 16.1. The third-order valence-corrected chi connectivity index (χ3v) is 4.38. The van der Waals surface area contributed by atoms with Crippen molar-refractivity contribution in [2.24, 2.45) is 0 Å². The Hall–Kier alpha value is -2.89. The van der Waals surface area contributed by atoms with E-state index in [4.69, 9.17) is 0 Å². The second-order valence-electron chi connectivity index (χ2n) is 6.44. The minimum atomic E-state index is -0.108. The molecule has 0 spiro atoms. The molecule has 3 rings (SSSR count). The SMILES string of the molecule is CCN(CCNc1nc2ccncc2n(C(C)C)c1=O)c1ccccc1. The number of fused-ring (bicyclic) bond motifs is 1. The van der Waals surface area contributed by atoms with Crippen LogP contribution >= 0.6 is 0 Å². The molecule has 0 bridgehead atoms. The van der Waals surface area contributed by atoms with E-state index in [0.717, 1.165) is 24.1 Å². The highest BCUT2D eigenvalue weighted by molar-refractivity contribution is 5.75. The summed E-state index contributed by atoms with van der Waals surface area (Å²) in [5.41, 5.74) is 2.60. The first kappa shape index (κ1) is 17.9. The van der Waals surface area contributed by atoms with Crippen LogP contribution in [0.4, 0.5) is 11.5 Å². The molecule has 3 aromatic rings. The number of rotatable bonds is 7. The van der Waals surface area contributed by atoms with E-state index in [1.54, 1.807) is 17.0 Å². The summed E-state index contributed by atoms with van der Waals surface area (Å²) in [6.07, 6.45) is 3.39. The zero-order valence-electron chi connectivity index (χ0n) is 15.5. The van der Waals surface area contributed by atoms with Gasteiger partial charge >= 0.3 is 0 Å². The van der Waals surface area contributed by atoms with Gasteiger partial charge in [0.1, 0.15) is 0 Å². The van der Waals surface area contributed by atoms with Crippen molar-refractivity contribution in [3.63, 3.8) is 0 Å².